The molecule has 0 aliphatic carbocycles. The molecule has 1 unspecified atom stereocenters. The lowest BCUT2D eigenvalue weighted by molar-refractivity contribution is -0.352. The van der Waals surface area contributed by atoms with Gasteiger partial charge in [0.05, 0.1) is 13.2 Å². The van der Waals surface area contributed by atoms with Crippen molar-refractivity contribution in [1.82, 2.24) is 0 Å². The molecule has 2 aliphatic rings. The normalized spacial score (nSPS) is 42.5. The Balaban J connectivity index is 2.32. The third kappa shape index (κ3) is 6.93. The molecule has 2 heterocycles. The predicted octanol–water partition coefficient (Wildman–Crippen LogP) is -5.74. The smallest absolute Gasteiger partial charge is 0.394 e. The summed E-state index contributed by atoms with van der Waals surface area (Å²) in [4.78, 5) is 0. The van der Waals surface area contributed by atoms with Crippen molar-refractivity contribution < 1.29 is 79.2 Å². The summed E-state index contributed by atoms with van der Waals surface area (Å²) in [6.45, 7) is -2.01. The molecule has 31 heavy (non-hydrogen) atoms. The van der Waals surface area contributed by atoms with E-state index in [0.717, 1.165) is 0 Å². The van der Waals surface area contributed by atoms with E-state index in [9.17, 15) is 47.5 Å². The van der Waals surface area contributed by atoms with Crippen molar-refractivity contribution in [2.24, 2.45) is 0 Å². The van der Waals surface area contributed by atoms with Crippen molar-refractivity contribution in [3.8, 4) is 0 Å². The number of hydrogen-bond donors (Lipinski definition) is 8. The molecule has 8 N–H and O–H groups in total. The molecule has 2 saturated heterocycles. The van der Waals surface area contributed by atoms with Crippen molar-refractivity contribution in [3.05, 3.63) is 0 Å². The third-order valence-corrected chi connectivity index (χ3v) is 5.29. The summed E-state index contributed by atoms with van der Waals surface area (Å²) in [6, 6.07) is 0. The molecule has 0 amide bonds. The molecule has 10 atom stereocenters. The summed E-state index contributed by atoms with van der Waals surface area (Å²) in [5.41, 5.74) is 0. The molecule has 0 aromatic heterocycles. The first-order chi connectivity index (χ1) is 14.1. The van der Waals surface area contributed by atoms with Crippen molar-refractivity contribution in [3.63, 3.8) is 0 Å². The molecule has 2 rings (SSSR count). The van der Waals surface area contributed by atoms with Gasteiger partial charge < -0.3 is 44.8 Å². The number of ether oxygens (including phenoxy) is 3. The Morgan fingerprint density at radius 3 is 1.84 bits per heavy atom. The van der Waals surface area contributed by atoms with E-state index in [0.29, 0.717) is 0 Å². The SMILES string of the molecule is O=S(=O)(O)OC[C@H]1O[C@@H](O)[C@H](O)[C@@H](O)[C@@H]1OC1O[C@@H](CO)[C@@H](O)[C@H](O)[C@H]1OS(=O)(=O)O. The standard InChI is InChI=1S/C12H22O17S2/c13-1-3-5(14)6(15)10(29-31(22,23)24)12(27-3)28-9-4(2-25-30(19,20)21)26-11(18)8(17)7(9)16/h3-18H,1-2H2,(H,19,20,21)(H,22,23,24)/t3-,4+,5+,6-,7+,8+,9+,10+,11+,12?/m0/s1. The summed E-state index contributed by atoms with van der Waals surface area (Å²) in [5.74, 6) is 0. The highest BCUT2D eigenvalue weighted by molar-refractivity contribution is 7.81. The van der Waals surface area contributed by atoms with E-state index >= 15 is 0 Å². The minimum absolute atomic E-state index is 0.920. The second-order valence-corrected chi connectivity index (χ2v) is 8.69. The lowest BCUT2D eigenvalue weighted by Gasteiger charge is -2.45. The number of hydrogen-bond acceptors (Lipinski definition) is 15. The predicted molar refractivity (Wildman–Crippen MR) is 89.4 cm³/mol. The average molecular weight is 502 g/mol. The first-order valence-electron chi connectivity index (χ1n) is 8.39. The molecule has 184 valence electrons. The van der Waals surface area contributed by atoms with Crippen LogP contribution in [0, 0.1) is 0 Å². The van der Waals surface area contributed by atoms with Gasteiger partial charge in [-0.3, -0.25) is 9.11 Å². The molecule has 0 aromatic carbocycles. The van der Waals surface area contributed by atoms with Crippen LogP contribution in [0.2, 0.25) is 0 Å². The van der Waals surface area contributed by atoms with E-state index in [1.54, 1.807) is 0 Å². The summed E-state index contributed by atoms with van der Waals surface area (Å²) in [5, 5.41) is 58.8. The highest BCUT2D eigenvalue weighted by Crippen LogP contribution is 2.30. The second-order valence-electron chi connectivity index (χ2n) is 6.55. The fourth-order valence-corrected chi connectivity index (χ4v) is 3.73. The summed E-state index contributed by atoms with van der Waals surface area (Å²) < 4.78 is 84.9. The van der Waals surface area contributed by atoms with E-state index in [2.05, 4.69) is 8.37 Å². The lowest BCUT2D eigenvalue weighted by Crippen LogP contribution is -2.65. The summed E-state index contributed by atoms with van der Waals surface area (Å²) in [6.07, 6.45) is -19.7. The Kier molecular flexibility index (Phi) is 8.68. The molecule has 0 aromatic rings. The van der Waals surface area contributed by atoms with Gasteiger partial charge in [-0.1, -0.05) is 0 Å². The highest BCUT2D eigenvalue weighted by atomic mass is 32.3. The average Bonchev–Trinajstić information content (AvgIpc) is 2.64. The van der Waals surface area contributed by atoms with E-state index in [4.69, 9.17) is 23.3 Å². The van der Waals surface area contributed by atoms with Gasteiger partial charge in [0.25, 0.3) is 0 Å². The van der Waals surface area contributed by atoms with Gasteiger partial charge in [0.1, 0.15) is 42.7 Å². The maximum atomic E-state index is 11.1. The van der Waals surface area contributed by atoms with E-state index < -0.39 is 95.4 Å². The lowest BCUT2D eigenvalue weighted by atomic mass is 9.97. The summed E-state index contributed by atoms with van der Waals surface area (Å²) in [7, 11) is -10.3. The molecule has 2 fully saturated rings. The maximum absolute atomic E-state index is 11.1. The van der Waals surface area contributed by atoms with Gasteiger partial charge in [-0.2, -0.15) is 16.8 Å². The molecular weight excluding hydrogens is 480 g/mol. The van der Waals surface area contributed by atoms with Gasteiger partial charge in [-0.25, -0.2) is 8.37 Å². The van der Waals surface area contributed by atoms with E-state index in [1.165, 1.54) is 0 Å². The van der Waals surface area contributed by atoms with Crippen LogP contribution in [0.4, 0.5) is 0 Å². The molecule has 17 nitrogen and oxygen atoms in total. The summed E-state index contributed by atoms with van der Waals surface area (Å²) >= 11 is 0. The monoisotopic (exact) mass is 502 g/mol. The first kappa shape index (κ1) is 26.6. The third-order valence-electron chi connectivity index (χ3n) is 4.39. The zero-order valence-electron chi connectivity index (χ0n) is 15.3. The minimum atomic E-state index is -5.27. The quantitative estimate of drug-likeness (QED) is 0.143. The maximum Gasteiger partial charge on any atom is 0.397 e. The largest absolute Gasteiger partial charge is 0.397 e. The number of aliphatic hydroxyl groups excluding tert-OH is 6. The van der Waals surface area contributed by atoms with Crippen LogP contribution in [0.3, 0.4) is 0 Å². The van der Waals surface area contributed by atoms with Gasteiger partial charge in [-0.05, 0) is 0 Å². The van der Waals surface area contributed by atoms with Crippen LogP contribution < -0.4 is 0 Å². The Morgan fingerprint density at radius 1 is 0.742 bits per heavy atom. The fourth-order valence-electron chi connectivity index (χ4n) is 2.94. The molecular formula is C12H22O17S2. The minimum Gasteiger partial charge on any atom is -0.394 e. The molecule has 0 spiro atoms. The van der Waals surface area contributed by atoms with Crippen LogP contribution in [0.5, 0.6) is 0 Å². The zero-order valence-corrected chi connectivity index (χ0v) is 16.9. The Bertz CT molecular complexity index is 800. The van der Waals surface area contributed by atoms with Crippen molar-refractivity contribution in [1.29, 1.82) is 0 Å². The van der Waals surface area contributed by atoms with Crippen molar-refractivity contribution >= 4 is 20.8 Å². The van der Waals surface area contributed by atoms with Crippen LogP contribution in [-0.2, 0) is 43.4 Å². The Hall–Kier alpha value is -0.620. The first-order valence-corrected chi connectivity index (χ1v) is 11.1. The van der Waals surface area contributed by atoms with Crippen molar-refractivity contribution in [2.75, 3.05) is 13.2 Å². The zero-order chi connectivity index (χ0) is 23.7. The van der Waals surface area contributed by atoms with Gasteiger partial charge in [-0.15, -0.1) is 0 Å². The molecule has 0 bridgehead atoms. The van der Waals surface area contributed by atoms with Gasteiger partial charge in [0, 0.05) is 0 Å². The highest BCUT2D eigenvalue weighted by Gasteiger charge is 2.52. The van der Waals surface area contributed by atoms with Crippen LogP contribution in [-0.4, -0.2) is 131 Å². The molecule has 2 aliphatic heterocycles. The van der Waals surface area contributed by atoms with Gasteiger partial charge in [0.15, 0.2) is 18.7 Å². The molecule has 19 heteroatoms. The molecule has 0 radical (unpaired) electrons. The Morgan fingerprint density at radius 2 is 1.32 bits per heavy atom. The van der Waals surface area contributed by atoms with Crippen LogP contribution in [0.25, 0.3) is 0 Å². The molecule has 0 saturated carbocycles. The van der Waals surface area contributed by atoms with E-state index in [-0.39, 0.29) is 0 Å². The Labute approximate surface area is 175 Å². The van der Waals surface area contributed by atoms with Gasteiger partial charge >= 0.3 is 20.8 Å². The second kappa shape index (κ2) is 10.1. The number of aliphatic hydroxyl groups is 6. The topological polar surface area (TPSA) is 276 Å². The van der Waals surface area contributed by atoms with Crippen LogP contribution in [0.15, 0.2) is 0 Å². The van der Waals surface area contributed by atoms with Crippen molar-refractivity contribution in [2.45, 2.75) is 61.4 Å². The van der Waals surface area contributed by atoms with E-state index in [1.807, 2.05) is 0 Å². The van der Waals surface area contributed by atoms with Crippen LogP contribution in [0.1, 0.15) is 0 Å². The van der Waals surface area contributed by atoms with Crippen LogP contribution >= 0.6 is 0 Å². The van der Waals surface area contributed by atoms with Gasteiger partial charge in [0.2, 0.25) is 0 Å². The fraction of sp³-hybridized carbons (Fsp3) is 1.00. The number of rotatable bonds is 8.